The van der Waals surface area contributed by atoms with E-state index in [2.05, 4.69) is 10.6 Å². The SMILES string of the molecule is CCS(=O)(=O)c1ccccc1NC(=O)CNC. The predicted octanol–water partition coefficient (Wildman–Crippen LogP) is 0.638. The number of carbonyl (C=O) groups excluding carboxylic acids is 1. The highest BCUT2D eigenvalue weighted by atomic mass is 32.2. The lowest BCUT2D eigenvalue weighted by atomic mass is 10.3. The lowest BCUT2D eigenvalue weighted by molar-refractivity contribution is -0.115. The highest BCUT2D eigenvalue weighted by Crippen LogP contribution is 2.21. The molecule has 0 spiro atoms. The topological polar surface area (TPSA) is 75.3 Å². The molecule has 0 saturated heterocycles. The molecule has 0 atom stereocenters. The van der Waals surface area contributed by atoms with Crippen LogP contribution in [-0.2, 0) is 14.6 Å². The number of anilines is 1. The van der Waals surface area contributed by atoms with Crippen LogP contribution in [0.2, 0.25) is 0 Å². The van der Waals surface area contributed by atoms with Crippen molar-refractivity contribution in [3.63, 3.8) is 0 Å². The van der Waals surface area contributed by atoms with Gasteiger partial charge in [0.15, 0.2) is 9.84 Å². The summed E-state index contributed by atoms with van der Waals surface area (Å²) in [7, 11) is -1.68. The van der Waals surface area contributed by atoms with Gasteiger partial charge in [0, 0.05) is 0 Å². The van der Waals surface area contributed by atoms with E-state index in [1.807, 2.05) is 0 Å². The van der Waals surface area contributed by atoms with Crippen molar-refractivity contribution < 1.29 is 13.2 Å². The molecule has 94 valence electrons. The van der Waals surface area contributed by atoms with Gasteiger partial charge in [-0.25, -0.2) is 8.42 Å². The van der Waals surface area contributed by atoms with E-state index in [1.165, 1.54) is 6.07 Å². The zero-order valence-corrected chi connectivity index (χ0v) is 10.7. The van der Waals surface area contributed by atoms with E-state index in [1.54, 1.807) is 32.2 Å². The average Bonchev–Trinajstić information content (AvgIpc) is 2.30. The van der Waals surface area contributed by atoms with Crippen LogP contribution in [0, 0.1) is 0 Å². The van der Waals surface area contributed by atoms with Gasteiger partial charge in [0.2, 0.25) is 5.91 Å². The minimum Gasteiger partial charge on any atom is -0.324 e. The number of carbonyl (C=O) groups is 1. The molecule has 0 bridgehead atoms. The Morgan fingerprint density at radius 1 is 1.29 bits per heavy atom. The number of likely N-dealkylation sites (N-methyl/N-ethyl adjacent to an activating group) is 1. The Hall–Kier alpha value is -1.40. The maximum absolute atomic E-state index is 11.8. The van der Waals surface area contributed by atoms with Gasteiger partial charge >= 0.3 is 0 Å². The van der Waals surface area contributed by atoms with Crippen molar-refractivity contribution in [2.75, 3.05) is 24.7 Å². The first-order valence-electron chi connectivity index (χ1n) is 5.27. The second-order valence-electron chi connectivity index (χ2n) is 3.48. The van der Waals surface area contributed by atoms with E-state index < -0.39 is 9.84 Å². The van der Waals surface area contributed by atoms with Crippen molar-refractivity contribution in [3.05, 3.63) is 24.3 Å². The Balaban J connectivity index is 3.05. The number of nitrogens with one attached hydrogen (secondary N) is 2. The summed E-state index contributed by atoms with van der Waals surface area (Å²) in [4.78, 5) is 11.6. The first-order chi connectivity index (χ1) is 8.01. The molecule has 1 aromatic rings. The van der Waals surface area contributed by atoms with Crippen LogP contribution in [0.4, 0.5) is 5.69 Å². The molecule has 0 aliphatic rings. The number of rotatable bonds is 5. The van der Waals surface area contributed by atoms with Crippen LogP contribution in [0.1, 0.15) is 6.92 Å². The molecule has 0 heterocycles. The molecule has 1 amide bonds. The third-order valence-corrected chi connectivity index (χ3v) is 4.00. The maximum atomic E-state index is 11.8. The predicted molar refractivity (Wildman–Crippen MR) is 66.7 cm³/mol. The van der Waals surface area contributed by atoms with Crippen LogP contribution in [-0.4, -0.2) is 33.7 Å². The number of benzene rings is 1. The monoisotopic (exact) mass is 256 g/mol. The molecule has 0 radical (unpaired) electrons. The van der Waals surface area contributed by atoms with Gasteiger partial charge in [-0.1, -0.05) is 19.1 Å². The lowest BCUT2D eigenvalue weighted by Gasteiger charge is -2.10. The summed E-state index contributed by atoms with van der Waals surface area (Å²) in [6.07, 6.45) is 0. The van der Waals surface area contributed by atoms with Gasteiger partial charge in [0.1, 0.15) is 0 Å². The van der Waals surface area contributed by atoms with Gasteiger partial charge in [0.25, 0.3) is 0 Å². The quantitative estimate of drug-likeness (QED) is 0.810. The van der Waals surface area contributed by atoms with Crippen LogP contribution >= 0.6 is 0 Å². The fraction of sp³-hybridized carbons (Fsp3) is 0.364. The summed E-state index contributed by atoms with van der Waals surface area (Å²) in [5.41, 5.74) is 0.328. The highest BCUT2D eigenvalue weighted by Gasteiger charge is 2.16. The summed E-state index contributed by atoms with van der Waals surface area (Å²) in [5, 5.41) is 5.27. The summed E-state index contributed by atoms with van der Waals surface area (Å²) >= 11 is 0. The molecular weight excluding hydrogens is 240 g/mol. The standard InChI is InChI=1S/C11H16N2O3S/c1-3-17(15,16)10-7-5-4-6-9(10)13-11(14)8-12-2/h4-7,12H,3,8H2,1-2H3,(H,13,14). The molecule has 5 nitrogen and oxygen atoms in total. The Morgan fingerprint density at radius 3 is 2.53 bits per heavy atom. The Morgan fingerprint density at radius 2 is 1.94 bits per heavy atom. The van der Waals surface area contributed by atoms with Crippen LogP contribution in [0.3, 0.4) is 0 Å². The fourth-order valence-electron chi connectivity index (χ4n) is 1.35. The fourth-order valence-corrected chi connectivity index (χ4v) is 2.40. The number of hydrogen-bond acceptors (Lipinski definition) is 4. The van der Waals surface area contributed by atoms with Gasteiger partial charge in [-0.2, -0.15) is 0 Å². The first kappa shape index (κ1) is 13.7. The molecule has 1 rings (SSSR count). The molecule has 1 aromatic carbocycles. The molecule has 17 heavy (non-hydrogen) atoms. The molecule has 0 aliphatic heterocycles. The largest absolute Gasteiger partial charge is 0.324 e. The normalized spacial score (nSPS) is 11.2. The van der Waals surface area contributed by atoms with Crippen molar-refractivity contribution in [1.29, 1.82) is 0 Å². The third-order valence-electron chi connectivity index (χ3n) is 2.21. The number of hydrogen-bond donors (Lipinski definition) is 2. The number of para-hydroxylation sites is 1. The first-order valence-corrected chi connectivity index (χ1v) is 6.92. The van der Waals surface area contributed by atoms with Crippen molar-refractivity contribution in [3.8, 4) is 0 Å². The van der Waals surface area contributed by atoms with Crippen LogP contribution in [0.15, 0.2) is 29.2 Å². The van der Waals surface area contributed by atoms with Crippen molar-refractivity contribution in [2.45, 2.75) is 11.8 Å². The summed E-state index contributed by atoms with van der Waals surface area (Å²) in [6, 6.07) is 6.39. The molecule has 0 unspecified atom stereocenters. The Kier molecular flexibility index (Phi) is 4.65. The molecular formula is C11H16N2O3S. The van der Waals surface area contributed by atoms with Crippen LogP contribution in [0.5, 0.6) is 0 Å². The second-order valence-corrected chi connectivity index (χ2v) is 5.72. The summed E-state index contributed by atoms with van der Waals surface area (Å²) in [6.45, 7) is 1.71. The third kappa shape index (κ3) is 3.54. The second kappa shape index (κ2) is 5.79. The van der Waals surface area contributed by atoms with E-state index in [9.17, 15) is 13.2 Å². The molecule has 2 N–H and O–H groups in total. The average molecular weight is 256 g/mol. The van der Waals surface area contributed by atoms with Crippen molar-refractivity contribution in [2.24, 2.45) is 0 Å². The molecule has 0 aliphatic carbocycles. The summed E-state index contributed by atoms with van der Waals surface area (Å²) < 4.78 is 23.6. The van der Waals surface area contributed by atoms with E-state index in [0.29, 0.717) is 5.69 Å². The molecule has 6 heteroatoms. The Bertz CT molecular complexity index is 497. The minimum atomic E-state index is -3.32. The maximum Gasteiger partial charge on any atom is 0.238 e. The summed E-state index contributed by atoms with van der Waals surface area (Å²) in [5.74, 6) is -0.266. The van der Waals surface area contributed by atoms with Crippen LogP contribution < -0.4 is 10.6 Å². The highest BCUT2D eigenvalue weighted by molar-refractivity contribution is 7.91. The zero-order chi connectivity index (χ0) is 12.9. The smallest absolute Gasteiger partial charge is 0.238 e. The van der Waals surface area contributed by atoms with E-state index >= 15 is 0 Å². The van der Waals surface area contributed by atoms with Crippen molar-refractivity contribution in [1.82, 2.24) is 5.32 Å². The van der Waals surface area contributed by atoms with Crippen molar-refractivity contribution >= 4 is 21.4 Å². The van der Waals surface area contributed by atoms with Gasteiger partial charge in [0.05, 0.1) is 22.9 Å². The number of amides is 1. The van der Waals surface area contributed by atoms with E-state index in [0.717, 1.165) is 0 Å². The van der Waals surface area contributed by atoms with E-state index in [4.69, 9.17) is 0 Å². The Labute approximate surface area is 101 Å². The zero-order valence-electron chi connectivity index (χ0n) is 9.86. The van der Waals surface area contributed by atoms with Gasteiger partial charge in [-0.15, -0.1) is 0 Å². The number of sulfone groups is 1. The van der Waals surface area contributed by atoms with Gasteiger partial charge in [-0.3, -0.25) is 4.79 Å². The molecule has 0 aromatic heterocycles. The molecule has 0 fully saturated rings. The molecule has 0 saturated carbocycles. The van der Waals surface area contributed by atoms with Crippen LogP contribution in [0.25, 0.3) is 0 Å². The van der Waals surface area contributed by atoms with Gasteiger partial charge in [-0.05, 0) is 19.2 Å². The van der Waals surface area contributed by atoms with Gasteiger partial charge < -0.3 is 10.6 Å². The minimum absolute atomic E-state index is 0.00586. The van der Waals surface area contributed by atoms with E-state index in [-0.39, 0.29) is 23.1 Å². The lowest BCUT2D eigenvalue weighted by Crippen LogP contribution is -2.25.